The van der Waals surface area contributed by atoms with Gasteiger partial charge in [-0.15, -0.1) is 0 Å². The van der Waals surface area contributed by atoms with Gasteiger partial charge in [0.2, 0.25) is 5.75 Å². The van der Waals surface area contributed by atoms with E-state index in [9.17, 15) is 4.79 Å². The van der Waals surface area contributed by atoms with Crippen molar-refractivity contribution in [3.63, 3.8) is 0 Å². The van der Waals surface area contributed by atoms with E-state index in [1.54, 1.807) is 7.11 Å². The Kier molecular flexibility index (Phi) is 6.09. The molecule has 28 heavy (non-hydrogen) atoms. The first-order valence-corrected chi connectivity index (χ1v) is 9.35. The second-order valence-electron chi connectivity index (χ2n) is 7.58. The van der Waals surface area contributed by atoms with Gasteiger partial charge in [0.25, 0.3) is 0 Å². The van der Waals surface area contributed by atoms with Crippen LogP contribution in [-0.4, -0.2) is 31.9 Å². The van der Waals surface area contributed by atoms with Gasteiger partial charge in [-0.3, -0.25) is 5.32 Å². The summed E-state index contributed by atoms with van der Waals surface area (Å²) in [5.74, 6) is 1.56. The molecule has 0 radical (unpaired) electrons. The maximum Gasteiger partial charge on any atom is 0.328 e. The van der Waals surface area contributed by atoms with Gasteiger partial charge in [-0.25, -0.2) is 4.79 Å². The average Bonchev–Trinajstić information content (AvgIpc) is 2.67. The Morgan fingerprint density at radius 3 is 2.54 bits per heavy atom. The molecule has 0 amide bonds. The minimum atomic E-state index is -0.584. The smallest absolute Gasteiger partial charge is 0.328 e. The Balaban J connectivity index is 1.81. The lowest BCUT2D eigenvalue weighted by Gasteiger charge is -2.25. The van der Waals surface area contributed by atoms with Crippen molar-refractivity contribution in [2.45, 2.75) is 39.0 Å². The largest absolute Gasteiger partial charge is 0.493 e. The Bertz CT molecular complexity index is 796. The van der Waals surface area contributed by atoms with Crippen LogP contribution in [0.15, 0.2) is 42.5 Å². The fraction of sp³-hybridized carbons (Fsp3) is 0.409. The zero-order valence-corrected chi connectivity index (χ0v) is 16.8. The molecule has 0 saturated carbocycles. The van der Waals surface area contributed by atoms with Crippen LogP contribution in [0.4, 0.5) is 0 Å². The van der Waals surface area contributed by atoms with Crippen LogP contribution in [0.25, 0.3) is 0 Å². The number of carbonyl (C=O) groups excluding carboxylic acids is 1. The summed E-state index contributed by atoms with van der Waals surface area (Å²) in [5, 5.41) is 3.31. The summed E-state index contributed by atoms with van der Waals surface area (Å²) in [4.78, 5) is 12.8. The Hall–Kier alpha value is -2.73. The molecule has 0 aromatic heterocycles. The van der Waals surface area contributed by atoms with Crippen molar-refractivity contribution in [3.8, 4) is 17.2 Å². The maximum absolute atomic E-state index is 12.8. The molecule has 1 N–H and O–H groups in total. The molecule has 6 heteroatoms. The SMILES string of the molecule is COc1cc(CN[C@@H](C(=O)OC(C)(C)C)c2ccccc2)cc2c1OCCO2. The number of esters is 1. The number of hydrogen-bond donors (Lipinski definition) is 1. The van der Waals surface area contributed by atoms with E-state index in [0.717, 1.165) is 11.1 Å². The lowest BCUT2D eigenvalue weighted by atomic mass is 10.1. The Morgan fingerprint density at radius 2 is 1.86 bits per heavy atom. The normalized spacial score (nSPS) is 14.3. The van der Waals surface area contributed by atoms with Crippen molar-refractivity contribution >= 4 is 5.97 Å². The first-order valence-electron chi connectivity index (χ1n) is 9.35. The topological polar surface area (TPSA) is 66.0 Å². The van der Waals surface area contributed by atoms with E-state index < -0.39 is 11.6 Å². The third-order valence-corrected chi connectivity index (χ3v) is 4.17. The van der Waals surface area contributed by atoms with Gasteiger partial charge in [-0.2, -0.15) is 0 Å². The van der Waals surface area contributed by atoms with E-state index in [2.05, 4.69) is 5.32 Å². The zero-order chi connectivity index (χ0) is 20.1. The number of benzene rings is 2. The second kappa shape index (κ2) is 8.52. The molecule has 1 aliphatic heterocycles. The van der Waals surface area contributed by atoms with Crippen LogP contribution in [0.3, 0.4) is 0 Å². The molecule has 0 fully saturated rings. The standard InChI is InChI=1S/C22H27NO5/c1-22(2,3)28-21(24)19(16-8-6-5-7-9-16)23-14-15-12-17(25-4)20-18(13-15)26-10-11-27-20/h5-9,12-13,19,23H,10-11,14H2,1-4H3/t19-/m1/s1. The number of methoxy groups -OCH3 is 1. The minimum absolute atomic E-state index is 0.316. The average molecular weight is 385 g/mol. The molecule has 2 aromatic rings. The summed E-state index contributed by atoms with van der Waals surface area (Å²) < 4.78 is 22.4. The van der Waals surface area contributed by atoms with Crippen LogP contribution >= 0.6 is 0 Å². The lowest BCUT2D eigenvalue weighted by molar-refractivity contribution is -0.157. The van der Waals surface area contributed by atoms with Crippen LogP contribution in [0.2, 0.25) is 0 Å². The molecule has 2 aromatic carbocycles. The van der Waals surface area contributed by atoms with Crippen molar-refractivity contribution in [1.82, 2.24) is 5.32 Å². The van der Waals surface area contributed by atoms with Crippen molar-refractivity contribution in [3.05, 3.63) is 53.6 Å². The van der Waals surface area contributed by atoms with Gasteiger partial charge in [-0.05, 0) is 44.0 Å². The summed E-state index contributed by atoms with van der Waals surface area (Å²) in [6.45, 7) is 7.01. The summed E-state index contributed by atoms with van der Waals surface area (Å²) in [7, 11) is 1.60. The monoisotopic (exact) mass is 385 g/mol. The lowest BCUT2D eigenvalue weighted by Crippen LogP contribution is -2.34. The molecule has 0 aliphatic carbocycles. The van der Waals surface area contributed by atoms with Crippen molar-refractivity contribution in [1.29, 1.82) is 0 Å². The first-order chi connectivity index (χ1) is 13.4. The second-order valence-corrected chi connectivity index (χ2v) is 7.58. The highest BCUT2D eigenvalue weighted by molar-refractivity contribution is 5.78. The maximum atomic E-state index is 12.8. The molecular weight excluding hydrogens is 358 g/mol. The summed E-state index contributed by atoms with van der Waals surface area (Å²) in [6.07, 6.45) is 0. The molecule has 1 atom stereocenters. The molecule has 1 aliphatic rings. The van der Waals surface area contributed by atoms with E-state index in [0.29, 0.717) is 37.0 Å². The number of rotatable bonds is 6. The number of fused-ring (bicyclic) bond motifs is 1. The van der Waals surface area contributed by atoms with Crippen LogP contribution in [0.5, 0.6) is 17.2 Å². The molecule has 0 spiro atoms. The fourth-order valence-electron chi connectivity index (χ4n) is 2.99. The van der Waals surface area contributed by atoms with Crippen LogP contribution in [0.1, 0.15) is 37.9 Å². The molecule has 150 valence electrons. The van der Waals surface area contributed by atoms with Gasteiger partial charge in [0.05, 0.1) is 7.11 Å². The third-order valence-electron chi connectivity index (χ3n) is 4.17. The predicted molar refractivity (Wildman–Crippen MR) is 106 cm³/mol. The highest BCUT2D eigenvalue weighted by atomic mass is 16.6. The summed E-state index contributed by atoms with van der Waals surface area (Å²) >= 11 is 0. The van der Waals surface area contributed by atoms with Crippen LogP contribution in [-0.2, 0) is 16.1 Å². The van der Waals surface area contributed by atoms with Gasteiger partial charge in [0, 0.05) is 6.54 Å². The Labute approximate surface area is 165 Å². The van der Waals surface area contributed by atoms with E-state index in [1.165, 1.54) is 0 Å². The summed E-state index contributed by atoms with van der Waals surface area (Å²) in [6, 6.07) is 12.8. The van der Waals surface area contributed by atoms with E-state index in [-0.39, 0.29) is 5.97 Å². The number of hydrogen-bond acceptors (Lipinski definition) is 6. The molecule has 6 nitrogen and oxygen atoms in total. The number of ether oxygens (including phenoxy) is 4. The van der Waals surface area contributed by atoms with Gasteiger partial charge in [-0.1, -0.05) is 30.3 Å². The predicted octanol–water partition coefficient (Wildman–Crippen LogP) is 3.64. The summed E-state index contributed by atoms with van der Waals surface area (Å²) in [5.41, 5.74) is 1.21. The molecular formula is C22H27NO5. The van der Waals surface area contributed by atoms with Crippen LogP contribution < -0.4 is 19.5 Å². The molecule has 0 bridgehead atoms. The third kappa shape index (κ3) is 4.95. The molecule has 0 unspecified atom stereocenters. The van der Waals surface area contributed by atoms with Gasteiger partial charge < -0.3 is 18.9 Å². The van der Waals surface area contributed by atoms with E-state index >= 15 is 0 Å². The molecule has 3 rings (SSSR count). The van der Waals surface area contributed by atoms with Crippen LogP contribution in [0, 0.1) is 0 Å². The molecule has 1 heterocycles. The zero-order valence-electron chi connectivity index (χ0n) is 16.8. The Morgan fingerprint density at radius 1 is 1.14 bits per heavy atom. The van der Waals surface area contributed by atoms with E-state index in [1.807, 2.05) is 63.2 Å². The van der Waals surface area contributed by atoms with E-state index in [4.69, 9.17) is 18.9 Å². The quantitative estimate of drug-likeness (QED) is 0.766. The van der Waals surface area contributed by atoms with Crippen molar-refractivity contribution < 1.29 is 23.7 Å². The van der Waals surface area contributed by atoms with Gasteiger partial charge in [0.15, 0.2) is 11.5 Å². The highest BCUT2D eigenvalue weighted by Gasteiger charge is 2.27. The van der Waals surface area contributed by atoms with Gasteiger partial charge in [0.1, 0.15) is 24.9 Å². The first kappa shape index (κ1) is 20.0. The fourth-order valence-corrected chi connectivity index (χ4v) is 2.99. The van der Waals surface area contributed by atoms with Crippen molar-refractivity contribution in [2.24, 2.45) is 0 Å². The minimum Gasteiger partial charge on any atom is -0.493 e. The van der Waals surface area contributed by atoms with Crippen molar-refractivity contribution in [2.75, 3.05) is 20.3 Å². The van der Waals surface area contributed by atoms with Gasteiger partial charge >= 0.3 is 5.97 Å². The number of carbonyl (C=O) groups is 1. The highest BCUT2D eigenvalue weighted by Crippen LogP contribution is 2.40. The molecule has 0 saturated heterocycles. The number of nitrogens with one attached hydrogen (secondary N) is 1.